The van der Waals surface area contributed by atoms with Crippen LogP contribution in [0.15, 0.2) is 131 Å². The molecule has 3 heterocycles. The van der Waals surface area contributed by atoms with Gasteiger partial charge in [-0.3, -0.25) is 25.4 Å². The number of nitrogens with one attached hydrogen (secondary N) is 2. The van der Waals surface area contributed by atoms with Crippen molar-refractivity contribution in [2.75, 3.05) is 12.5 Å². The average molecular weight is 533 g/mol. The number of rotatable bonds is 5. The molecule has 6 heteroatoms. The lowest BCUT2D eigenvalue weighted by molar-refractivity contribution is 0.485. The summed E-state index contributed by atoms with van der Waals surface area (Å²) >= 11 is 0. The minimum atomic E-state index is -0.310. The van der Waals surface area contributed by atoms with Gasteiger partial charge in [0.1, 0.15) is 6.17 Å². The molecule has 1 aliphatic heterocycles. The van der Waals surface area contributed by atoms with Crippen LogP contribution in [0.5, 0.6) is 0 Å². The molecule has 41 heavy (non-hydrogen) atoms. The van der Waals surface area contributed by atoms with Gasteiger partial charge in [-0.15, -0.1) is 0 Å². The Balaban J connectivity index is 1.39. The molecule has 0 saturated carbocycles. The molecule has 0 fully saturated rings. The third-order valence-corrected chi connectivity index (χ3v) is 8.05. The average Bonchev–Trinajstić information content (AvgIpc) is 3.55. The lowest BCUT2D eigenvalue weighted by Gasteiger charge is -2.27. The van der Waals surface area contributed by atoms with Crippen molar-refractivity contribution in [1.29, 1.82) is 0 Å². The zero-order valence-corrected chi connectivity index (χ0v) is 22.6. The second-order valence-corrected chi connectivity index (χ2v) is 10.4. The first-order valence-electron chi connectivity index (χ1n) is 13.9. The van der Waals surface area contributed by atoms with Crippen molar-refractivity contribution in [1.82, 2.24) is 14.6 Å². The highest BCUT2D eigenvalue weighted by atomic mass is 15.5. The minimum absolute atomic E-state index is 0.210. The van der Waals surface area contributed by atoms with E-state index in [-0.39, 0.29) is 12.3 Å². The molecule has 8 rings (SSSR count). The van der Waals surface area contributed by atoms with Gasteiger partial charge in [0, 0.05) is 39.0 Å². The lowest BCUT2D eigenvalue weighted by Crippen LogP contribution is -2.45. The van der Waals surface area contributed by atoms with Crippen LogP contribution in [0, 0.1) is 0 Å². The highest BCUT2D eigenvalue weighted by Gasteiger charge is 2.26. The molecule has 0 bridgehead atoms. The van der Waals surface area contributed by atoms with Crippen molar-refractivity contribution in [3.63, 3.8) is 0 Å². The van der Waals surface area contributed by atoms with Crippen LogP contribution >= 0.6 is 0 Å². The Morgan fingerprint density at radius 1 is 0.610 bits per heavy atom. The molecule has 0 aliphatic carbocycles. The number of nitrogens with zero attached hydrogens (tertiary/aromatic N) is 4. The summed E-state index contributed by atoms with van der Waals surface area (Å²) < 4.78 is 4.59. The number of aliphatic imine (C=N–C) groups is 2. The van der Waals surface area contributed by atoms with Gasteiger partial charge in [0.05, 0.1) is 27.8 Å². The van der Waals surface area contributed by atoms with E-state index >= 15 is 0 Å². The molecular formula is C35H28N6. The van der Waals surface area contributed by atoms with Gasteiger partial charge in [-0.05, 0) is 37.4 Å². The molecule has 0 spiro atoms. The van der Waals surface area contributed by atoms with E-state index in [2.05, 4.69) is 123 Å². The van der Waals surface area contributed by atoms with Crippen molar-refractivity contribution in [2.45, 2.75) is 12.3 Å². The van der Waals surface area contributed by atoms with Crippen molar-refractivity contribution >= 4 is 55.5 Å². The summed E-state index contributed by atoms with van der Waals surface area (Å²) in [6, 6.07) is 42.6. The van der Waals surface area contributed by atoms with Gasteiger partial charge in [-0.25, -0.2) is 0 Å². The number of fused-ring (bicyclic) bond motifs is 7. The number of para-hydroxylation sites is 3. The number of likely N-dealkylation sites (N-methyl/N-ethyl adjacent to an activating group) is 1. The molecule has 0 radical (unpaired) electrons. The second-order valence-electron chi connectivity index (χ2n) is 10.4. The molecule has 2 unspecified atom stereocenters. The summed E-state index contributed by atoms with van der Waals surface area (Å²) in [4.78, 5) is 9.94. The first-order valence-corrected chi connectivity index (χ1v) is 13.9. The van der Waals surface area contributed by atoms with Gasteiger partial charge < -0.3 is 4.57 Å². The molecule has 2 atom stereocenters. The summed E-state index contributed by atoms with van der Waals surface area (Å²) in [5.74, 6) is 0. The van der Waals surface area contributed by atoms with E-state index in [9.17, 15) is 0 Å². The zero-order chi connectivity index (χ0) is 27.3. The van der Waals surface area contributed by atoms with Crippen LogP contribution in [-0.4, -0.2) is 40.5 Å². The maximum Gasteiger partial charge on any atom is 0.168 e. The van der Waals surface area contributed by atoms with E-state index in [0.29, 0.717) is 0 Å². The number of hydrogen-bond donors (Lipinski definition) is 2. The van der Waals surface area contributed by atoms with Gasteiger partial charge in [0.2, 0.25) is 0 Å². The lowest BCUT2D eigenvalue weighted by atomic mass is 10.1. The Labute approximate surface area is 237 Å². The third-order valence-electron chi connectivity index (χ3n) is 8.05. The molecule has 0 amide bonds. The fourth-order valence-electron chi connectivity index (χ4n) is 6.20. The normalized spacial score (nSPS) is 17.0. The summed E-state index contributed by atoms with van der Waals surface area (Å²) in [6.45, 7) is 0. The molecule has 198 valence electrons. The van der Waals surface area contributed by atoms with Crippen LogP contribution in [0.4, 0.5) is 0 Å². The molecule has 5 aromatic carbocycles. The first kappa shape index (κ1) is 23.7. The Bertz CT molecular complexity index is 2120. The highest BCUT2D eigenvalue weighted by Crippen LogP contribution is 2.40. The SMILES string of the molecule is CNC1N=CC(c2ccccc2)=NC1Nn1c2ccccc2c2c1ccc1c3ccccc3n(-c3ccccc3)c12. The number of hydrogen-bond acceptors (Lipinski definition) is 4. The van der Waals surface area contributed by atoms with E-state index in [1.54, 1.807) is 0 Å². The Hall–Kier alpha value is -5.20. The van der Waals surface area contributed by atoms with Crippen LogP contribution in [0.2, 0.25) is 0 Å². The van der Waals surface area contributed by atoms with Gasteiger partial charge >= 0.3 is 0 Å². The van der Waals surface area contributed by atoms with E-state index in [1.807, 2.05) is 31.5 Å². The Morgan fingerprint density at radius 2 is 1.29 bits per heavy atom. The monoisotopic (exact) mass is 532 g/mol. The quantitative estimate of drug-likeness (QED) is 0.254. The standard InChI is InChI=1S/C35H28N6/c1-36-34-35(38-28(22-37-34)23-12-4-2-5-13-23)39-41-30-19-11-9-17-27(30)32-31(41)21-20-26-25-16-8-10-18-29(25)40(33(26)32)24-14-6-3-7-15-24/h2-22,34-36,39H,1H3. The molecular weight excluding hydrogens is 504 g/mol. The maximum absolute atomic E-state index is 5.12. The molecule has 6 nitrogen and oxygen atoms in total. The largest absolute Gasteiger partial charge is 0.309 e. The predicted octanol–water partition coefficient (Wildman–Crippen LogP) is 6.88. The van der Waals surface area contributed by atoms with Gasteiger partial charge in [0.15, 0.2) is 6.17 Å². The van der Waals surface area contributed by atoms with Gasteiger partial charge in [-0.2, -0.15) is 0 Å². The smallest absolute Gasteiger partial charge is 0.168 e. The van der Waals surface area contributed by atoms with E-state index in [4.69, 9.17) is 9.98 Å². The third kappa shape index (κ3) is 3.68. The van der Waals surface area contributed by atoms with Crippen LogP contribution in [0.1, 0.15) is 5.56 Å². The second kappa shape index (κ2) is 9.47. The van der Waals surface area contributed by atoms with Crippen LogP contribution in [0.25, 0.3) is 49.3 Å². The highest BCUT2D eigenvalue weighted by molar-refractivity contribution is 6.38. The maximum atomic E-state index is 5.12. The van der Waals surface area contributed by atoms with Crippen molar-refractivity contribution < 1.29 is 0 Å². The topological polar surface area (TPSA) is 58.6 Å². The fourth-order valence-corrected chi connectivity index (χ4v) is 6.20. The van der Waals surface area contributed by atoms with Crippen LogP contribution < -0.4 is 10.7 Å². The van der Waals surface area contributed by atoms with E-state index < -0.39 is 0 Å². The fraction of sp³-hybridized carbons (Fsp3) is 0.0857. The minimum Gasteiger partial charge on any atom is -0.309 e. The Morgan fingerprint density at radius 3 is 2.07 bits per heavy atom. The van der Waals surface area contributed by atoms with E-state index in [1.165, 1.54) is 32.6 Å². The summed E-state index contributed by atoms with van der Waals surface area (Å²) in [6.07, 6.45) is 1.34. The summed E-state index contributed by atoms with van der Waals surface area (Å²) in [7, 11) is 1.92. The molecule has 2 aromatic heterocycles. The van der Waals surface area contributed by atoms with Gasteiger partial charge in [0.25, 0.3) is 0 Å². The van der Waals surface area contributed by atoms with Crippen LogP contribution in [-0.2, 0) is 0 Å². The van der Waals surface area contributed by atoms with Crippen molar-refractivity contribution in [3.8, 4) is 5.69 Å². The van der Waals surface area contributed by atoms with Crippen molar-refractivity contribution in [2.24, 2.45) is 9.98 Å². The number of benzene rings is 5. The molecule has 1 aliphatic rings. The van der Waals surface area contributed by atoms with Crippen molar-refractivity contribution in [3.05, 3.63) is 127 Å². The van der Waals surface area contributed by atoms with Crippen LogP contribution in [0.3, 0.4) is 0 Å². The van der Waals surface area contributed by atoms with Gasteiger partial charge in [-0.1, -0.05) is 91.0 Å². The summed E-state index contributed by atoms with van der Waals surface area (Å²) in [5, 5.41) is 8.20. The first-order chi connectivity index (χ1) is 20.3. The zero-order valence-electron chi connectivity index (χ0n) is 22.6. The predicted molar refractivity (Wildman–Crippen MR) is 171 cm³/mol. The number of aromatic nitrogens is 2. The molecule has 2 N–H and O–H groups in total. The van der Waals surface area contributed by atoms with E-state index in [0.717, 1.165) is 28.0 Å². The molecule has 7 aromatic rings. The molecule has 0 saturated heterocycles. The Kier molecular flexibility index (Phi) is 5.47. The summed E-state index contributed by atoms with van der Waals surface area (Å²) in [5.41, 5.74) is 11.4.